The highest BCUT2D eigenvalue weighted by molar-refractivity contribution is 7.88. The van der Waals surface area contributed by atoms with E-state index in [-0.39, 0.29) is 6.54 Å². The first-order valence-corrected chi connectivity index (χ1v) is 10.2. The fourth-order valence-corrected chi connectivity index (χ4v) is 3.65. The zero-order valence-corrected chi connectivity index (χ0v) is 15.3. The van der Waals surface area contributed by atoms with Gasteiger partial charge < -0.3 is 0 Å². The van der Waals surface area contributed by atoms with Crippen LogP contribution in [0.4, 0.5) is 26.3 Å². The van der Waals surface area contributed by atoms with Gasteiger partial charge >= 0.3 is 31.3 Å². The molecule has 0 aliphatic carbocycles. The second-order valence-electron chi connectivity index (χ2n) is 5.75. The van der Waals surface area contributed by atoms with E-state index in [0.29, 0.717) is 5.56 Å². The zero-order valence-electron chi connectivity index (χ0n) is 13.6. The van der Waals surface area contributed by atoms with Gasteiger partial charge in [-0.2, -0.15) is 43.2 Å². The molecule has 7 nitrogen and oxygen atoms in total. The Hall–Kier alpha value is -1.42. The maximum atomic E-state index is 12.5. The highest BCUT2D eigenvalue weighted by Gasteiger charge is 2.54. The standard InChI is InChI=1S/C13H13F6NO6S2/c14-12(15,16)27(21,22)25-10-7-20(6-9-4-2-1-3-5-9)8-11(10)26-28(23,24)13(17,18)19/h1-5,10-11H,6-8H2/t10-,11-/m1/s1. The molecule has 2 rings (SSSR count). The summed E-state index contributed by atoms with van der Waals surface area (Å²) in [6.07, 6.45) is -4.24. The van der Waals surface area contributed by atoms with E-state index in [4.69, 9.17) is 0 Å². The molecule has 0 amide bonds. The summed E-state index contributed by atoms with van der Waals surface area (Å²) in [4.78, 5) is 1.21. The van der Waals surface area contributed by atoms with Gasteiger partial charge in [0.05, 0.1) is 0 Å². The largest absolute Gasteiger partial charge is 0.523 e. The summed E-state index contributed by atoms with van der Waals surface area (Å²) in [5, 5.41) is 0. The molecule has 28 heavy (non-hydrogen) atoms. The Morgan fingerprint density at radius 1 is 0.821 bits per heavy atom. The first-order valence-electron chi connectivity index (χ1n) is 7.38. The molecule has 0 aromatic heterocycles. The monoisotopic (exact) mass is 457 g/mol. The number of likely N-dealkylation sites (tertiary alicyclic amines) is 1. The molecule has 0 spiro atoms. The molecule has 1 aliphatic heterocycles. The van der Waals surface area contributed by atoms with Crippen LogP contribution in [0.3, 0.4) is 0 Å². The number of rotatable bonds is 6. The molecular formula is C13H13F6NO6S2. The third kappa shape index (κ3) is 5.34. The smallest absolute Gasteiger partial charge is 0.294 e. The van der Waals surface area contributed by atoms with Crippen molar-refractivity contribution in [2.75, 3.05) is 13.1 Å². The normalized spacial score (nSPS) is 22.5. The van der Waals surface area contributed by atoms with Crippen LogP contribution in [0.25, 0.3) is 0 Å². The van der Waals surface area contributed by atoms with Crippen LogP contribution in [0, 0.1) is 0 Å². The van der Waals surface area contributed by atoms with E-state index in [1.54, 1.807) is 30.3 Å². The van der Waals surface area contributed by atoms with Crippen LogP contribution in [0.15, 0.2) is 30.3 Å². The van der Waals surface area contributed by atoms with Crippen LogP contribution in [-0.4, -0.2) is 58.0 Å². The average molecular weight is 457 g/mol. The van der Waals surface area contributed by atoms with Crippen molar-refractivity contribution >= 4 is 20.2 Å². The first kappa shape index (κ1) is 22.9. The Morgan fingerprint density at radius 2 is 1.21 bits per heavy atom. The lowest BCUT2D eigenvalue weighted by Crippen LogP contribution is -2.40. The van der Waals surface area contributed by atoms with E-state index in [0.717, 1.165) is 0 Å². The Balaban J connectivity index is 2.24. The van der Waals surface area contributed by atoms with Gasteiger partial charge in [-0.15, -0.1) is 0 Å². The minimum absolute atomic E-state index is 0.0152. The summed E-state index contributed by atoms with van der Waals surface area (Å²) < 4.78 is 128. The fraction of sp³-hybridized carbons (Fsp3) is 0.538. The highest BCUT2D eigenvalue weighted by Crippen LogP contribution is 2.32. The molecular weight excluding hydrogens is 444 g/mol. The van der Waals surface area contributed by atoms with Gasteiger partial charge in [0.25, 0.3) is 0 Å². The van der Waals surface area contributed by atoms with E-state index in [1.165, 1.54) is 4.90 Å². The summed E-state index contributed by atoms with van der Waals surface area (Å²) in [5.41, 5.74) is -11.1. The molecule has 1 aliphatic rings. The van der Waals surface area contributed by atoms with Gasteiger partial charge in [-0.1, -0.05) is 30.3 Å². The molecule has 1 heterocycles. The molecule has 1 fully saturated rings. The topological polar surface area (TPSA) is 90.0 Å². The van der Waals surface area contributed by atoms with E-state index < -0.39 is 56.6 Å². The van der Waals surface area contributed by atoms with Crippen molar-refractivity contribution in [3.63, 3.8) is 0 Å². The average Bonchev–Trinajstić information content (AvgIpc) is 2.86. The lowest BCUT2D eigenvalue weighted by Gasteiger charge is -2.20. The molecule has 0 bridgehead atoms. The van der Waals surface area contributed by atoms with Crippen LogP contribution in [0.1, 0.15) is 5.56 Å². The zero-order chi connectivity index (χ0) is 21.4. The van der Waals surface area contributed by atoms with E-state index in [1.807, 2.05) is 0 Å². The van der Waals surface area contributed by atoms with Crippen molar-refractivity contribution < 1.29 is 51.5 Å². The minimum Gasteiger partial charge on any atom is -0.294 e. The molecule has 160 valence electrons. The van der Waals surface area contributed by atoms with Crippen molar-refractivity contribution in [3.8, 4) is 0 Å². The van der Waals surface area contributed by atoms with Gasteiger partial charge in [0.1, 0.15) is 12.2 Å². The van der Waals surface area contributed by atoms with Crippen LogP contribution in [0.2, 0.25) is 0 Å². The number of nitrogens with zero attached hydrogens (tertiary/aromatic N) is 1. The minimum atomic E-state index is -6.18. The molecule has 2 atom stereocenters. The molecule has 1 aromatic rings. The van der Waals surface area contributed by atoms with Crippen LogP contribution in [-0.2, 0) is 35.1 Å². The molecule has 1 aromatic carbocycles. The molecule has 0 unspecified atom stereocenters. The van der Waals surface area contributed by atoms with Gasteiger partial charge in [-0.3, -0.25) is 13.3 Å². The number of hydrogen-bond donors (Lipinski definition) is 0. The summed E-state index contributed by atoms with van der Waals surface area (Å²) in [5.74, 6) is 0. The maximum absolute atomic E-state index is 12.5. The van der Waals surface area contributed by atoms with Crippen LogP contribution in [0.5, 0.6) is 0 Å². The Labute approximate surface area is 156 Å². The number of alkyl halides is 6. The number of halogens is 6. The lowest BCUT2D eigenvalue weighted by molar-refractivity contribution is -0.0665. The van der Waals surface area contributed by atoms with Crippen LogP contribution < -0.4 is 0 Å². The highest BCUT2D eigenvalue weighted by atomic mass is 32.2. The Morgan fingerprint density at radius 3 is 1.57 bits per heavy atom. The van der Waals surface area contributed by atoms with Crippen molar-refractivity contribution in [2.24, 2.45) is 0 Å². The van der Waals surface area contributed by atoms with Gasteiger partial charge in [0.2, 0.25) is 0 Å². The molecule has 0 N–H and O–H groups in total. The quantitative estimate of drug-likeness (QED) is 0.367. The van der Waals surface area contributed by atoms with Crippen molar-refractivity contribution in [3.05, 3.63) is 35.9 Å². The number of hydrogen-bond acceptors (Lipinski definition) is 7. The number of benzene rings is 1. The SMILES string of the molecule is O=S(=O)(O[C@@H]1CN(Cc2ccccc2)C[C@H]1OS(=O)(=O)C(F)(F)F)C(F)(F)F. The Kier molecular flexibility index (Phi) is 6.35. The van der Waals surface area contributed by atoms with Crippen LogP contribution >= 0.6 is 0 Å². The molecule has 0 radical (unpaired) electrons. The van der Waals surface area contributed by atoms with E-state index in [9.17, 15) is 43.2 Å². The van der Waals surface area contributed by atoms with Crippen molar-refractivity contribution in [2.45, 2.75) is 29.8 Å². The first-order chi connectivity index (χ1) is 12.6. The second-order valence-corrected chi connectivity index (χ2v) is 8.88. The van der Waals surface area contributed by atoms with Crippen molar-refractivity contribution in [1.29, 1.82) is 0 Å². The summed E-state index contributed by atoms with van der Waals surface area (Å²) in [7, 11) is -12.4. The fourth-order valence-electron chi connectivity index (χ4n) is 2.41. The summed E-state index contributed by atoms with van der Waals surface area (Å²) in [6.45, 7) is -1.23. The van der Waals surface area contributed by atoms with Gasteiger partial charge in [0, 0.05) is 19.6 Å². The predicted molar refractivity (Wildman–Crippen MR) is 81.4 cm³/mol. The van der Waals surface area contributed by atoms with Crippen molar-refractivity contribution in [1.82, 2.24) is 4.90 Å². The Bertz CT molecular complexity index is 830. The van der Waals surface area contributed by atoms with Gasteiger partial charge in [0.15, 0.2) is 0 Å². The lowest BCUT2D eigenvalue weighted by atomic mass is 10.2. The third-order valence-corrected chi connectivity index (χ3v) is 5.74. The van der Waals surface area contributed by atoms with Gasteiger partial charge in [-0.05, 0) is 5.56 Å². The molecule has 0 saturated carbocycles. The second kappa shape index (κ2) is 7.78. The van der Waals surface area contributed by atoms with E-state index >= 15 is 0 Å². The maximum Gasteiger partial charge on any atom is 0.523 e. The molecule has 1 saturated heterocycles. The van der Waals surface area contributed by atoms with Gasteiger partial charge in [-0.25, -0.2) is 0 Å². The third-order valence-electron chi connectivity index (χ3n) is 3.61. The summed E-state index contributed by atoms with van der Waals surface area (Å²) >= 11 is 0. The summed E-state index contributed by atoms with van der Waals surface area (Å²) in [6, 6.07) is 8.11. The van der Waals surface area contributed by atoms with E-state index in [2.05, 4.69) is 8.37 Å². The molecule has 15 heteroatoms. The predicted octanol–water partition coefficient (Wildman–Crippen LogP) is 1.97.